The van der Waals surface area contributed by atoms with Crippen LogP contribution in [-0.4, -0.2) is 25.3 Å². The molecule has 1 rings (SSSR count). The summed E-state index contributed by atoms with van der Waals surface area (Å²) in [6.45, 7) is 6.40. The molecule has 17 heavy (non-hydrogen) atoms. The van der Waals surface area contributed by atoms with Crippen LogP contribution < -0.4 is 5.73 Å². The summed E-state index contributed by atoms with van der Waals surface area (Å²) < 4.78 is 10.3. The molecule has 0 aromatic heterocycles. The fraction of sp³-hybridized carbons (Fsp3) is 0.462. The van der Waals surface area contributed by atoms with E-state index in [-0.39, 0.29) is 18.7 Å². The van der Waals surface area contributed by atoms with Crippen LogP contribution in [0.1, 0.15) is 29.8 Å². The molecule has 1 aromatic carbocycles. The summed E-state index contributed by atoms with van der Waals surface area (Å²) in [4.78, 5) is 11.6. The van der Waals surface area contributed by atoms with Gasteiger partial charge in [0.05, 0.1) is 18.3 Å². The fourth-order valence-electron chi connectivity index (χ4n) is 1.30. The van der Waals surface area contributed by atoms with Crippen LogP contribution in [0.3, 0.4) is 0 Å². The van der Waals surface area contributed by atoms with Crippen LogP contribution in [0.4, 0.5) is 5.69 Å². The van der Waals surface area contributed by atoms with E-state index in [1.807, 2.05) is 20.8 Å². The molecule has 4 nitrogen and oxygen atoms in total. The lowest BCUT2D eigenvalue weighted by Crippen LogP contribution is -2.13. The van der Waals surface area contributed by atoms with Gasteiger partial charge < -0.3 is 15.2 Å². The van der Waals surface area contributed by atoms with Crippen molar-refractivity contribution in [1.29, 1.82) is 0 Å². The van der Waals surface area contributed by atoms with Crippen LogP contribution in [-0.2, 0) is 9.47 Å². The molecule has 0 aliphatic carbocycles. The van der Waals surface area contributed by atoms with E-state index in [4.69, 9.17) is 15.2 Å². The Labute approximate surface area is 102 Å². The molecule has 94 valence electrons. The second-order valence-corrected chi connectivity index (χ2v) is 4.13. The molecular weight excluding hydrogens is 218 g/mol. The number of carbonyl (C=O) groups is 1. The van der Waals surface area contributed by atoms with E-state index < -0.39 is 0 Å². The highest BCUT2D eigenvalue weighted by Gasteiger charge is 2.08. The van der Waals surface area contributed by atoms with Crippen molar-refractivity contribution in [3.05, 3.63) is 29.3 Å². The van der Waals surface area contributed by atoms with Gasteiger partial charge in [-0.15, -0.1) is 0 Å². The molecule has 0 heterocycles. The Balaban J connectivity index is 2.44. The smallest absolute Gasteiger partial charge is 0.338 e. The SMILES string of the molecule is Cc1cc(C(=O)OCCOC(C)C)ccc1N. The zero-order valence-corrected chi connectivity index (χ0v) is 10.5. The van der Waals surface area contributed by atoms with Gasteiger partial charge in [-0.25, -0.2) is 4.79 Å². The third-order valence-electron chi connectivity index (χ3n) is 2.27. The normalized spacial score (nSPS) is 10.6. The minimum Gasteiger partial charge on any atom is -0.460 e. The number of aryl methyl sites for hydroxylation is 1. The molecule has 0 saturated carbocycles. The maximum absolute atomic E-state index is 11.6. The third kappa shape index (κ3) is 4.44. The first kappa shape index (κ1) is 13.5. The van der Waals surface area contributed by atoms with E-state index in [9.17, 15) is 4.79 Å². The van der Waals surface area contributed by atoms with Crippen molar-refractivity contribution in [2.45, 2.75) is 26.9 Å². The van der Waals surface area contributed by atoms with Gasteiger partial charge in [-0.2, -0.15) is 0 Å². The molecule has 0 amide bonds. The first-order chi connectivity index (χ1) is 8.00. The molecule has 0 aliphatic rings. The molecule has 0 radical (unpaired) electrons. The number of carbonyl (C=O) groups excluding carboxylic acids is 1. The van der Waals surface area contributed by atoms with Crippen molar-refractivity contribution in [1.82, 2.24) is 0 Å². The molecule has 0 aliphatic heterocycles. The fourth-order valence-corrected chi connectivity index (χ4v) is 1.30. The molecule has 0 saturated heterocycles. The number of esters is 1. The summed E-state index contributed by atoms with van der Waals surface area (Å²) in [7, 11) is 0. The van der Waals surface area contributed by atoms with Gasteiger partial charge in [0.2, 0.25) is 0 Å². The number of anilines is 1. The van der Waals surface area contributed by atoms with Crippen molar-refractivity contribution in [3.8, 4) is 0 Å². The highest BCUT2D eigenvalue weighted by Crippen LogP contribution is 2.13. The number of nitrogen functional groups attached to an aromatic ring is 1. The molecule has 0 bridgehead atoms. The molecule has 0 unspecified atom stereocenters. The van der Waals surface area contributed by atoms with Gasteiger partial charge in [-0.1, -0.05) is 0 Å². The minimum atomic E-state index is -0.347. The van der Waals surface area contributed by atoms with E-state index in [0.717, 1.165) is 5.56 Å². The van der Waals surface area contributed by atoms with Crippen molar-refractivity contribution >= 4 is 11.7 Å². The van der Waals surface area contributed by atoms with Crippen LogP contribution in [0.5, 0.6) is 0 Å². The molecule has 4 heteroatoms. The van der Waals surface area contributed by atoms with Gasteiger partial charge in [0.1, 0.15) is 6.61 Å². The Morgan fingerprint density at radius 2 is 2.06 bits per heavy atom. The second kappa shape index (κ2) is 6.25. The van der Waals surface area contributed by atoms with E-state index in [1.54, 1.807) is 18.2 Å². The number of hydrogen-bond acceptors (Lipinski definition) is 4. The number of hydrogen-bond donors (Lipinski definition) is 1. The molecule has 0 spiro atoms. The Hall–Kier alpha value is -1.55. The lowest BCUT2D eigenvalue weighted by Gasteiger charge is -2.09. The molecule has 0 fully saturated rings. The summed E-state index contributed by atoms with van der Waals surface area (Å²) in [5.41, 5.74) is 7.73. The van der Waals surface area contributed by atoms with Gasteiger partial charge in [0.25, 0.3) is 0 Å². The molecular formula is C13H19NO3. The predicted molar refractivity (Wildman–Crippen MR) is 67.0 cm³/mol. The standard InChI is InChI=1S/C13H19NO3/c1-9(2)16-6-7-17-13(15)11-4-5-12(14)10(3)8-11/h4-5,8-9H,6-7,14H2,1-3H3. The first-order valence-electron chi connectivity index (χ1n) is 5.65. The lowest BCUT2D eigenvalue weighted by atomic mass is 10.1. The minimum absolute atomic E-state index is 0.146. The number of benzene rings is 1. The maximum Gasteiger partial charge on any atom is 0.338 e. The van der Waals surface area contributed by atoms with Gasteiger partial charge >= 0.3 is 5.97 Å². The Kier molecular flexibility index (Phi) is 4.97. The summed E-state index contributed by atoms with van der Waals surface area (Å²) in [6, 6.07) is 5.09. The van der Waals surface area contributed by atoms with E-state index in [1.165, 1.54) is 0 Å². The average molecular weight is 237 g/mol. The lowest BCUT2D eigenvalue weighted by molar-refractivity contribution is 0.0177. The van der Waals surface area contributed by atoms with Crippen LogP contribution in [0.15, 0.2) is 18.2 Å². The Bertz CT molecular complexity index is 388. The number of ether oxygens (including phenoxy) is 2. The van der Waals surface area contributed by atoms with E-state index >= 15 is 0 Å². The van der Waals surface area contributed by atoms with Crippen LogP contribution in [0.25, 0.3) is 0 Å². The number of nitrogens with two attached hydrogens (primary N) is 1. The van der Waals surface area contributed by atoms with Crippen molar-refractivity contribution in [3.63, 3.8) is 0 Å². The Morgan fingerprint density at radius 1 is 1.35 bits per heavy atom. The van der Waals surface area contributed by atoms with E-state index in [0.29, 0.717) is 17.9 Å². The van der Waals surface area contributed by atoms with E-state index in [2.05, 4.69) is 0 Å². The predicted octanol–water partition coefficient (Wildman–Crippen LogP) is 2.16. The van der Waals surface area contributed by atoms with Gasteiger partial charge in [0.15, 0.2) is 0 Å². The molecule has 2 N–H and O–H groups in total. The molecule has 1 aromatic rings. The van der Waals surface area contributed by atoms with Gasteiger partial charge in [0, 0.05) is 5.69 Å². The second-order valence-electron chi connectivity index (χ2n) is 4.13. The summed E-state index contributed by atoms with van der Waals surface area (Å²) >= 11 is 0. The Morgan fingerprint density at radius 3 is 2.65 bits per heavy atom. The van der Waals surface area contributed by atoms with Crippen molar-refractivity contribution in [2.24, 2.45) is 0 Å². The monoisotopic (exact) mass is 237 g/mol. The maximum atomic E-state index is 11.6. The molecule has 0 atom stereocenters. The third-order valence-corrected chi connectivity index (χ3v) is 2.27. The van der Waals surface area contributed by atoms with Gasteiger partial charge in [-0.3, -0.25) is 0 Å². The zero-order valence-electron chi connectivity index (χ0n) is 10.5. The summed E-state index contributed by atoms with van der Waals surface area (Å²) in [5.74, 6) is -0.347. The van der Waals surface area contributed by atoms with Gasteiger partial charge in [-0.05, 0) is 44.5 Å². The van der Waals surface area contributed by atoms with Crippen molar-refractivity contribution in [2.75, 3.05) is 18.9 Å². The highest BCUT2D eigenvalue weighted by molar-refractivity contribution is 5.90. The zero-order chi connectivity index (χ0) is 12.8. The topological polar surface area (TPSA) is 61.5 Å². The van der Waals surface area contributed by atoms with Crippen molar-refractivity contribution < 1.29 is 14.3 Å². The average Bonchev–Trinajstić information content (AvgIpc) is 2.27. The highest BCUT2D eigenvalue weighted by atomic mass is 16.6. The summed E-state index contributed by atoms with van der Waals surface area (Å²) in [5, 5.41) is 0. The van der Waals surface area contributed by atoms with Crippen LogP contribution in [0, 0.1) is 6.92 Å². The van der Waals surface area contributed by atoms with Crippen LogP contribution in [0.2, 0.25) is 0 Å². The number of rotatable bonds is 5. The summed E-state index contributed by atoms with van der Waals surface area (Å²) in [6.07, 6.45) is 0.146. The largest absolute Gasteiger partial charge is 0.460 e. The quantitative estimate of drug-likeness (QED) is 0.484. The van der Waals surface area contributed by atoms with Crippen LogP contribution >= 0.6 is 0 Å². The first-order valence-corrected chi connectivity index (χ1v) is 5.65.